The van der Waals surface area contributed by atoms with Crippen LogP contribution in [-0.2, 0) is 4.79 Å². The van der Waals surface area contributed by atoms with Crippen molar-refractivity contribution in [1.29, 1.82) is 0 Å². The molecular formula is C14H31Cl2N3O. The molecule has 0 heterocycles. The number of rotatable bonds is 7. The lowest BCUT2D eigenvalue weighted by Crippen LogP contribution is -2.55. The first-order valence-corrected chi connectivity index (χ1v) is 7.34. The van der Waals surface area contributed by atoms with E-state index in [9.17, 15) is 4.79 Å². The molecule has 3 N–H and O–H groups in total. The number of nitrogens with zero attached hydrogens (tertiary/aromatic N) is 1. The Hall–Kier alpha value is -0.0300. The molecule has 20 heavy (non-hydrogen) atoms. The fourth-order valence-corrected chi connectivity index (χ4v) is 2.49. The number of nitrogens with two attached hydrogens (primary N) is 1. The van der Waals surface area contributed by atoms with Crippen LogP contribution in [-0.4, -0.2) is 43.0 Å². The van der Waals surface area contributed by atoms with Crippen LogP contribution in [0, 0.1) is 0 Å². The predicted molar refractivity (Wildman–Crippen MR) is 89.9 cm³/mol. The Bertz CT molecular complexity index is 259. The first-order chi connectivity index (χ1) is 8.58. The third kappa shape index (κ3) is 7.67. The summed E-state index contributed by atoms with van der Waals surface area (Å²) in [7, 11) is 2.10. The van der Waals surface area contributed by atoms with E-state index in [0.717, 1.165) is 38.8 Å². The lowest BCUT2D eigenvalue weighted by Gasteiger charge is -2.32. The second-order valence-corrected chi connectivity index (χ2v) is 5.63. The van der Waals surface area contributed by atoms with Gasteiger partial charge in [0.15, 0.2) is 0 Å². The van der Waals surface area contributed by atoms with E-state index in [1.807, 2.05) is 0 Å². The molecule has 0 saturated heterocycles. The van der Waals surface area contributed by atoms with Crippen molar-refractivity contribution >= 4 is 30.7 Å². The molecule has 0 aliphatic heterocycles. The third-order valence-corrected chi connectivity index (χ3v) is 3.87. The zero-order chi connectivity index (χ0) is 13.4. The van der Waals surface area contributed by atoms with Crippen molar-refractivity contribution < 1.29 is 4.79 Å². The standard InChI is InChI=1S/C14H29N3O.2ClH/c1-3-4-11-17(2)12-10-16-13(18)14(15)8-6-5-7-9-14;;/h3-12,15H2,1-2H3,(H,16,18);2*1H. The molecule has 122 valence electrons. The number of unbranched alkanes of at least 4 members (excludes halogenated alkanes) is 1. The van der Waals surface area contributed by atoms with Crippen molar-refractivity contribution in [2.75, 3.05) is 26.7 Å². The maximum absolute atomic E-state index is 12.1. The van der Waals surface area contributed by atoms with E-state index in [4.69, 9.17) is 5.73 Å². The van der Waals surface area contributed by atoms with Crippen LogP contribution < -0.4 is 11.1 Å². The molecule has 0 bridgehead atoms. The summed E-state index contributed by atoms with van der Waals surface area (Å²) in [5.41, 5.74) is 5.58. The predicted octanol–water partition coefficient (Wildman–Crippen LogP) is 2.34. The molecule has 0 spiro atoms. The smallest absolute Gasteiger partial charge is 0.240 e. The third-order valence-electron chi connectivity index (χ3n) is 3.87. The Balaban J connectivity index is 0. The highest BCUT2D eigenvalue weighted by molar-refractivity contribution is 5.86. The van der Waals surface area contributed by atoms with Gasteiger partial charge in [0.1, 0.15) is 0 Å². The molecule has 1 aliphatic carbocycles. The maximum atomic E-state index is 12.1. The molecule has 1 amide bonds. The van der Waals surface area contributed by atoms with Gasteiger partial charge in [-0.1, -0.05) is 32.6 Å². The van der Waals surface area contributed by atoms with Crippen LogP contribution in [0.5, 0.6) is 0 Å². The average molecular weight is 328 g/mol. The highest BCUT2D eigenvalue weighted by Crippen LogP contribution is 2.25. The minimum absolute atomic E-state index is 0. The molecular weight excluding hydrogens is 297 g/mol. The van der Waals surface area contributed by atoms with Crippen molar-refractivity contribution in [3.63, 3.8) is 0 Å². The maximum Gasteiger partial charge on any atom is 0.240 e. The highest BCUT2D eigenvalue weighted by atomic mass is 35.5. The largest absolute Gasteiger partial charge is 0.353 e. The van der Waals surface area contributed by atoms with E-state index in [2.05, 4.69) is 24.2 Å². The number of nitrogens with one attached hydrogen (secondary N) is 1. The summed E-state index contributed by atoms with van der Waals surface area (Å²) >= 11 is 0. The van der Waals surface area contributed by atoms with E-state index in [1.165, 1.54) is 19.3 Å². The Morgan fingerprint density at radius 1 is 1.20 bits per heavy atom. The van der Waals surface area contributed by atoms with Gasteiger partial charge < -0.3 is 16.0 Å². The van der Waals surface area contributed by atoms with Crippen LogP contribution in [0.2, 0.25) is 0 Å². The van der Waals surface area contributed by atoms with Gasteiger partial charge in [-0.2, -0.15) is 0 Å². The molecule has 0 aromatic rings. The van der Waals surface area contributed by atoms with Crippen molar-refractivity contribution in [3.05, 3.63) is 0 Å². The summed E-state index contributed by atoms with van der Waals surface area (Å²) in [6, 6.07) is 0. The molecule has 1 rings (SSSR count). The van der Waals surface area contributed by atoms with Crippen LogP contribution in [0.1, 0.15) is 51.9 Å². The van der Waals surface area contributed by atoms with Gasteiger partial charge in [-0.3, -0.25) is 4.79 Å². The molecule has 0 radical (unpaired) electrons. The molecule has 1 fully saturated rings. The van der Waals surface area contributed by atoms with Crippen molar-refractivity contribution in [1.82, 2.24) is 10.2 Å². The molecule has 0 aromatic carbocycles. The second-order valence-electron chi connectivity index (χ2n) is 5.63. The summed E-state index contributed by atoms with van der Waals surface area (Å²) in [5, 5.41) is 2.99. The quantitative estimate of drug-likeness (QED) is 0.754. The number of amides is 1. The van der Waals surface area contributed by atoms with Crippen molar-refractivity contribution in [2.45, 2.75) is 57.4 Å². The number of likely N-dealkylation sites (N-methyl/N-ethyl adjacent to an activating group) is 1. The number of halogens is 2. The van der Waals surface area contributed by atoms with Gasteiger partial charge in [0.05, 0.1) is 5.54 Å². The number of carbonyl (C=O) groups excluding carboxylic acids is 1. The first-order valence-electron chi connectivity index (χ1n) is 7.34. The van der Waals surface area contributed by atoms with Crippen LogP contribution in [0.25, 0.3) is 0 Å². The summed E-state index contributed by atoms with van der Waals surface area (Å²) < 4.78 is 0. The minimum atomic E-state index is -0.597. The van der Waals surface area contributed by atoms with Crippen molar-refractivity contribution in [3.8, 4) is 0 Å². The van der Waals surface area contributed by atoms with Crippen LogP contribution in [0.3, 0.4) is 0 Å². The fourth-order valence-electron chi connectivity index (χ4n) is 2.49. The molecule has 1 saturated carbocycles. The summed E-state index contributed by atoms with van der Waals surface area (Å²) in [4.78, 5) is 14.3. The summed E-state index contributed by atoms with van der Waals surface area (Å²) in [6.45, 7) is 4.90. The normalized spacial score (nSPS) is 17.0. The van der Waals surface area contributed by atoms with Crippen LogP contribution in [0.4, 0.5) is 0 Å². The Morgan fingerprint density at radius 3 is 2.35 bits per heavy atom. The average Bonchev–Trinajstić information content (AvgIpc) is 2.37. The zero-order valence-electron chi connectivity index (χ0n) is 12.8. The highest BCUT2D eigenvalue weighted by Gasteiger charge is 2.34. The van der Waals surface area contributed by atoms with Gasteiger partial charge in [0.25, 0.3) is 0 Å². The van der Waals surface area contributed by atoms with E-state index in [1.54, 1.807) is 0 Å². The Labute approximate surface area is 136 Å². The van der Waals surface area contributed by atoms with E-state index >= 15 is 0 Å². The van der Waals surface area contributed by atoms with Gasteiger partial charge in [0, 0.05) is 13.1 Å². The van der Waals surface area contributed by atoms with Gasteiger partial charge in [-0.25, -0.2) is 0 Å². The van der Waals surface area contributed by atoms with E-state index in [-0.39, 0.29) is 30.7 Å². The molecule has 0 atom stereocenters. The van der Waals surface area contributed by atoms with Gasteiger partial charge in [0.2, 0.25) is 5.91 Å². The number of hydrogen-bond donors (Lipinski definition) is 2. The van der Waals surface area contributed by atoms with E-state index in [0.29, 0.717) is 6.54 Å². The second kappa shape index (κ2) is 11.6. The molecule has 4 nitrogen and oxygen atoms in total. The SMILES string of the molecule is CCCCN(C)CCNC(=O)C1(N)CCCCC1.Cl.Cl. The van der Waals surface area contributed by atoms with E-state index < -0.39 is 5.54 Å². The van der Waals surface area contributed by atoms with Crippen LogP contribution >= 0.6 is 24.8 Å². The molecule has 0 aromatic heterocycles. The minimum Gasteiger partial charge on any atom is -0.353 e. The van der Waals surface area contributed by atoms with Gasteiger partial charge in [-0.05, 0) is 32.9 Å². The lowest BCUT2D eigenvalue weighted by atomic mass is 9.82. The molecule has 0 unspecified atom stereocenters. The zero-order valence-corrected chi connectivity index (χ0v) is 14.5. The topological polar surface area (TPSA) is 58.4 Å². The van der Waals surface area contributed by atoms with Crippen LogP contribution in [0.15, 0.2) is 0 Å². The number of hydrogen-bond acceptors (Lipinski definition) is 3. The number of carbonyl (C=O) groups is 1. The summed E-state index contributed by atoms with van der Waals surface area (Å²) in [6.07, 6.45) is 7.48. The van der Waals surface area contributed by atoms with Crippen molar-refractivity contribution in [2.24, 2.45) is 5.73 Å². The monoisotopic (exact) mass is 327 g/mol. The van der Waals surface area contributed by atoms with Gasteiger partial charge >= 0.3 is 0 Å². The molecule has 6 heteroatoms. The Morgan fingerprint density at radius 2 is 1.80 bits per heavy atom. The summed E-state index contributed by atoms with van der Waals surface area (Å²) in [5.74, 6) is 0.0473. The lowest BCUT2D eigenvalue weighted by molar-refractivity contribution is -0.127. The fraction of sp³-hybridized carbons (Fsp3) is 0.929. The molecule has 1 aliphatic rings. The van der Waals surface area contributed by atoms with Gasteiger partial charge in [-0.15, -0.1) is 24.8 Å². The first kappa shape index (κ1) is 22.3. The Kier molecular flexibility index (Phi) is 12.9.